The zero-order chi connectivity index (χ0) is 4.99. The van der Waals surface area contributed by atoms with E-state index in [0.29, 0.717) is 7.92 Å². The molecule has 41 valence electrons. The Bertz CT molecular complexity index is 27.3. The van der Waals surface area contributed by atoms with Crippen LogP contribution >= 0.6 is 7.92 Å². The molecule has 0 aliphatic heterocycles. The van der Waals surface area contributed by atoms with Crippen molar-refractivity contribution in [3.63, 3.8) is 0 Å². The third-order valence-electron chi connectivity index (χ3n) is 1.08. The molecule has 0 N–H and O–H groups in total. The summed E-state index contributed by atoms with van der Waals surface area (Å²) in [6, 6.07) is 0. The molecule has 0 aromatic rings. The Morgan fingerprint density at radius 1 is 1.14 bits per heavy atom. The lowest BCUT2D eigenvalue weighted by Crippen LogP contribution is -1.75. The fraction of sp³-hybridized carbons (Fsp3) is 1.00. The molecule has 0 bridgehead atoms. The molecule has 7 heavy (non-hydrogen) atoms. The Kier molecular flexibility index (Phi) is 9.72. The summed E-state index contributed by atoms with van der Waals surface area (Å²) in [6.45, 7) is 6.86. The van der Waals surface area contributed by atoms with Gasteiger partial charge in [0.15, 0.2) is 0 Å². The first kappa shape index (κ1) is 10.5. The summed E-state index contributed by atoms with van der Waals surface area (Å²) in [4.78, 5) is 0. The van der Waals surface area contributed by atoms with Gasteiger partial charge in [-0.2, -0.15) is 0 Å². The number of hydrogen-bond donors (Lipinski definition) is 0. The Balaban J connectivity index is 0. The van der Waals surface area contributed by atoms with Crippen LogP contribution in [-0.4, -0.2) is 27.4 Å². The average Bonchev–Trinajstić information content (AvgIpc) is 1.65. The molecule has 0 heterocycles. The first-order valence-electron chi connectivity index (χ1n) is 2.49. The molecule has 0 nitrogen and oxygen atoms in total. The van der Waals surface area contributed by atoms with Crippen LogP contribution in [0, 0.1) is 0 Å². The van der Waals surface area contributed by atoms with Crippen LogP contribution in [0.25, 0.3) is 0 Å². The topological polar surface area (TPSA) is 0 Å². The molecule has 0 aliphatic rings. The highest BCUT2D eigenvalue weighted by Crippen LogP contribution is 2.27. The van der Waals surface area contributed by atoms with Gasteiger partial charge in [0.2, 0.25) is 0 Å². The summed E-state index contributed by atoms with van der Waals surface area (Å²) in [5.41, 5.74) is 0. The van der Waals surface area contributed by atoms with Crippen LogP contribution in [-0.2, 0) is 0 Å². The van der Waals surface area contributed by atoms with E-state index in [4.69, 9.17) is 0 Å². The van der Waals surface area contributed by atoms with Gasteiger partial charge in [-0.25, -0.2) is 0 Å². The van der Waals surface area contributed by atoms with E-state index in [1.807, 2.05) is 0 Å². The Morgan fingerprint density at radius 2 is 1.43 bits per heavy atom. The van der Waals surface area contributed by atoms with E-state index in [1.165, 1.54) is 12.3 Å². The van der Waals surface area contributed by atoms with E-state index in [2.05, 4.69) is 20.5 Å². The number of hydrogen-bond acceptors (Lipinski definition) is 0. The molecule has 0 fully saturated rings. The SMILES string of the molecule is CCP(C)CC.[B]. The van der Waals surface area contributed by atoms with Gasteiger partial charge in [0.25, 0.3) is 0 Å². The molecule has 2 heteroatoms. The molecule has 3 radical (unpaired) electrons. The van der Waals surface area contributed by atoms with Crippen molar-refractivity contribution in [2.24, 2.45) is 0 Å². The van der Waals surface area contributed by atoms with Gasteiger partial charge in [-0.15, -0.1) is 7.92 Å². The van der Waals surface area contributed by atoms with Crippen LogP contribution in [0.2, 0.25) is 0 Å². The van der Waals surface area contributed by atoms with Gasteiger partial charge in [-0.05, 0) is 19.0 Å². The van der Waals surface area contributed by atoms with Crippen molar-refractivity contribution in [2.75, 3.05) is 19.0 Å². The molecule has 0 aliphatic carbocycles. The fourth-order valence-corrected chi connectivity index (χ4v) is 0.671. The first-order chi connectivity index (χ1) is 2.81. The lowest BCUT2D eigenvalue weighted by Gasteiger charge is -2.00. The minimum absolute atomic E-state index is 0. The molecular formula is C5H13BP. The van der Waals surface area contributed by atoms with E-state index in [-0.39, 0.29) is 8.41 Å². The molecule has 0 unspecified atom stereocenters. The van der Waals surface area contributed by atoms with Crippen molar-refractivity contribution < 1.29 is 0 Å². The molecule has 0 saturated heterocycles. The maximum absolute atomic E-state index is 2.34. The zero-order valence-electron chi connectivity index (χ0n) is 5.44. The van der Waals surface area contributed by atoms with E-state index in [9.17, 15) is 0 Å². The van der Waals surface area contributed by atoms with Gasteiger partial charge in [-0.3, -0.25) is 0 Å². The minimum Gasteiger partial charge on any atom is -0.110 e. The summed E-state index contributed by atoms with van der Waals surface area (Å²) >= 11 is 0. The fourth-order valence-electron chi connectivity index (χ4n) is 0.224. The van der Waals surface area contributed by atoms with Crippen LogP contribution in [0.15, 0.2) is 0 Å². The molecule has 0 aromatic heterocycles. The van der Waals surface area contributed by atoms with Crippen molar-refractivity contribution in [1.82, 2.24) is 0 Å². The molecule has 0 saturated carbocycles. The highest BCUT2D eigenvalue weighted by atomic mass is 31.1. The second-order valence-electron chi connectivity index (χ2n) is 1.49. The second kappa shape index (κ2) is 6.49. The Labute approximate surface area is 50.0 Å². The monoisotopic (exact) mass is 115 g/mol. The minimum atomic E-state index is 0. The maximum atomic E-state index is 2.34. The zero-order valence-corrected chi connectivity index (χ0v) is 6.33. The predicted octanol–water partition coefficient (Wildman–Crippen LogP) is 1.76. The molecule has 0 atom stereocenters. The summed E-state index contributed by atoms with van der Waals surface area (Å²) < 4.78 is 0. The third-order valence-corrected chi connectivity index (χ3v) is 3.24. The van der Waals surface area contributed by atoms with Crippen LogP contribution in [0.1, 0.15) is 13.8 Å². The lowest BCUT2D eigenvalue weighted by molar-refractivity contribution is 1.41. The standard InChI is InChI=1S/C5H13P.B/c1-4-6(3)5-2;/h4-5H2,1-3H3;. The normalized spacial score (nSPS) is 8.57. The molecule has 0 spiro atoms. The van der Waals surface area contributed by atoms with Gasteiger partial charge < -0.3 is 0 Å². The van der Waals surface area contributed by atoms with Crippen molar-refractivity contribution in [3.8, 4) is 0 Å². The van der Waals surface area contributed by atoms with Gasteiger partial charge in [-0.1, -0.05) is 13.8 Å². The van der Waals surface area contributed by atoms with Gasteiger partial charge in [0, 0.05) is 8.41 Å². The molecule has 0 amide bonds. The third kappa shape index (κ3) is 6.49. The summed E-state index contributed by atoms with van der Waals surface area (Å²) in [6.07, 6.45) is 2.79. The number of rotatable bonds is 2. The molecule has 0 aromatic carbocycles. The van der Waals surface area contributed by atoms with Gasteiger partial charge in [0.05, 0.1) is 0 Å². The summed E-state index contributed by atoms with van der Waals surface area (Å²) in [5.74, 6) is 0. The largest absolute Gasteiger partial charge is 0.110 e. The van der Waals surface area contributed by atoms with E-state index in [0.717, 1.165) is 0 Å². The van der Waals surface area contributed by atoms with Crippen molar-refractivity contribution in [1.29, 1.82) is 0 Å². The quantitative estimate of drug-likeness (QED) is 0.380. The van der Waals surface area contributed by atoms with Crippen LogP contribution < -0.4 is 0 Å². The van der Waals surface area contributed by atoms with E-state index >= 15 is 0 Å². The summed E-state index contributed by atoms with van der Waals surface area (Å²) in [7, 11) is 0.424. The van der Waals surface area contributed by atoms with Crippen LogP contribution in [0.5, 0.6) is 0 Å². The van der Waals surface area contributed by atoms with E-state index < -0.39 is 0 Å². The maximum Gasteiger partial charge on any atom is 0 e. The highest BCUT2D eigenvalue weighted by Gasteiger charge is 1.87. The highest BCUT2D eigenvalue weighted by molar-refractivity contribution is 7.56. The van der Waals surface area contributed by atoms with Crippen LogP contribution in [0.4, 0.5) is 0 Å². The van der Waals surface area contributed by atoms with E-state index in [1.54, 1.807) is 0 Å². The Morgan fingerprint density at radius 3 is 1.43 bits per heavy atom. The molecular weight excluding hydrogens is 102 g/mol. The van der Waals surface area contributed by atoms with Crippen molar-refractivity contribution in [2.45, 2.75) is 13.8 Å². The first-order valence-corrected chi connectivity index (χ1v) is 4.65. The molecule has 0 rings (SSSR count). The summed E-state index contributed by atoms with van der Waals surface area (Å²) in [5, 5.41) is 0. The second-order valence-corrected chi connectivity index (χ2v) is 4.47. The van der Waals surface area contributed by atoms with Crippen molar-refractivity contribution in [3.05, 3.63) is 0 Å². The predicted molar refractivity (Wildman–Crippen MR) is 39.7 cm³/mol. The average molecular weight is 115 g/mol. The van der Waals surface area contributed by atoms with Gasteiger partial charge in [0.1, 0.15) is 0 Å². The van der Waals surface area contributed by atoms with Gasteiger partial charge >= 0.3 is 0 Å². The Hall–Kier alpha value is 0.495. The van der Waals surface area contributed by atoms with Crippen molar-refractivity contribution >= 4 is 16.3 Å². The smallest absolute Gasteiger partial charge is 0 e. The van der Waals surface area contributed by atoms with Crippen LogP contribution in [0.3, 0.4) is 0 Å². The lowest BCUT2D eigenvalue weighted by atomic mass is 10.8.